The van der Waals surface area contributed by atoms with E-state index in [0.29, 0.717) is 32.4 Å². The summed E-state index contributed by atoms with van der Waals surface area (Å²) in [6.45, 7) is 1.28. The number of amides is 2. The minimum atomic E-state index is -0.849. The van der Waals surface area contributed by atoms with Crippen molar-refractivity contribution in [2.75, 3.05) is 19.6 Å². The smallest absolute Gasteiger partial charge is 0.317 e. The van der Waals surface area contributed by atoms with Crippen molar-refractivity contribution >= 4 is 22.9 Å². The monoisotopic (exact) mass is 333 g/mol. The van der Waals surface area contributed by atoms with Gasteiger partial charge < -0.3 is 20.3 Å². The number of aromatic nitrogens is 1. The third-order valence-electron chi connectivity index (χ3n) is 4.46. The van der Waals surface area contributed by atoms with E-state index in [4.69, 9.17) is 5.11 Å². The maximum Gasteiger partial charge on any atom is 0.317 e. The Labute approximate surface area is 138 Å². The minimum Gasteiger partial charge on any atom is -0.481 e. The fourth-order valence-corrected chi connectivity index (χ4v) is 3.14. The van der Waals surface area contributed by atoms with Crippen LogP contribution in [0.5, 0.6) is 0 Å². The molecule has 1 saturated heterocycles. The molecule has 3 rings (SSSR count). The molecule has 0 aliphatic carbocycles. The predicted octanol–water partition coefficient (Wildman–Crippen LogP) is 2.36. The number of carbonyl (C=O) groups excluding carboxylic acids is 1. The lowest BCUT2D eigenvalue weighted by molar-refractivity contribution is -0.143. The van der Waals surface area contributed by atoms with Crippen molar-refractivity contribution < 1.29 is 19.1 Å². The topological polar surface area (TPSA) is 85.4 Å². The highest BCUT2D eigenvalue weighted by atomic mass is 19.1. The first-order chi connectivity index (χ1) is 11.5. The van der Waals surface area contributed by atoms with Crippen molar-refractivity contribution in [2.45, 2.75) is 19.3 Å². The van der Waals surface area contributed by atoms with E-state index in [1.807, 2.05) is 6.20 Å². The molecule has 24 heavy (non-hydrogen) atoms. The molecular formula is C17H20FN3O3. The van der Waals surface area contributed by atoms with Crippen LogP contribution >= 0.6 is 0 Å². The predicted molar refractivity (Wildman–Crippen MR) is 87.3 cm³/mol. The first-order valence-electron chi connectivity index (χ1n) is 8.05. The van der Waals surface area contributed by atoms with Crippen LogP contribution in [-0.4, -0.2) is 46.6 Å². The second-order valence-corrected chi connectivity index (χ2v) is 6.11. The van der Waals surface area contributed by atoms with Gasteiger partial charge in [-0.05, 0) is 43.0 Å². The van der Waals surface area contributed by atoms with Crippen LogP contribution in [-0.2, 0) is 11.2 Å². The van der Waals surface area contributed by atoms with Crippen molar-refractivity contribution in [2.24, 2.45) is 5.92 Å². The number of carbonyl (C=O) groups is 2. The Morgan fingerprint density at radius 2 is 2.25 bits per heavy atom. The van der Waals surface area contributed by atoms with E-state index < -0.39 is 11.9 Å². The molecule has 2 heterocycles. The van der Waals surface area contributed by atoms with E-state index in [9.17, 15) is 14.0 Å². The molecule has 6 nitrogen and oxygen atoms in total. The molecule has 2 amide bonds. The van der Waals surface area contributed by atoms with E-state index in [1.165, 1.54) is 12.1 Å². The first kappa shape index (κ1) is 16.3. The maximum absolute atomic E-state index is 13.2. The van der Waals surface area contributed by atoms with Crippen molar-refractivity contribution in [3.8, 4) is 0 Å². The summed E-state index contributed by atoms with van der Waals surface area (Å²) in [5, 5.41) is 12.8. The first-order valence-corrected chi connectivity index (χ1v) is 8.05. The lowest BCUT2D eigenvalue weighted by Gasteiger charge is -2.30. The zero-order valence-corrected chi connectivity index (χ0v) is 13.2. The van der Waals surface area contributed by atoms with Crippen LogP contribution in [0, 0.1) is 11.7 Å². The van der Waals surface area contributed by atoms with Gasteiger partial charge in [-0.1, -0.05) is 0 Å². The van der Waals surface area contributed by atoms with Crippen molar-refractivity contribution in [1.29, 1.82) is 0 Å². The molecule has 0 saturated carbocycles. The number of halogens is 1. The largest absolute Gasteiger partial charge is 0.481 e. The standard InChI is InChI=1S/C17H20FN3O3/c18-13-3-4-14-11(9-20-15(14)8-13)5-6-19-17(24)21-7-1-2-12(10-21)16(22)23/h3-4,8-9,12,20H,1-2,5-7,10H2,(H,19,24)(H,22,23). The normalized spacial score (nSPS) is 17.9. The zero-order chi connectivity index (χ0) is 17.1. The van der Waals surface area contributed by atoms with E-state index >= 15 is 0 Å². The number of likely N-dealkylation sites (tertiary alicyclic amines) is 1. The van der Waals surface area contributed by atoms with Gasteiger partial charge in [-0.25, -0.2) is 9.18 Å². The van der Waals surface area contributed by atoms with Gasteiger partial charge in [0.25, 0.3) is 0 Å². The number of hydrogen-bond donors (Lipinski definition) is 3. The third kappa shape index (κ3) is 3.50. The quantitative estimate of drug-likeness (QED) is 0.803. The van der Waals surface area contributed by atoms with Crippen LogP contribution in [0.25, 0.3) is 10.9 Å². The average molecular weight is 333 g/mol. The van der Waals surface area contributed by atoms with Gasteiger partial charge in [-0.2, -0.15) is 0 Å². The summed E-state index contributed by atoms with van der Waals surface area (Å²) in [5.74, 6) is -1.62. The van der Waals surface area contributed by atoms with Crippen LogP contribution in [0.3, 0.4) is 0 Å². The Kier molecular flexibility index (Phi) is 4.69. The summed E-state index contributed by atoms with van der Waals surface area (Å²) in [7, 11) is 0. The van der Waals surface area contributed by atoms with Gasteiger partial charge in [-0.3, -0.25) is 4.79 Å². The second-order valence-electron chi connectivity index (χ2n) is 6.11. The number of piperidine rings is 1. The molecule has 1 aromatic heterocycles. The van der Waals surface area contributed by atoms with Crippen molar-refractivity contribution in [1.82, 2.24) is 15.2 Å². The highest BCUT2D eigenvalue weighted by Crippen LogP contribution is 2.20. The van der Waals surface area contributed by atoms with Crippen LogP contribution < -0.4 is 5.32 Å². The number of nitrogens with zero attached hydrogens (tertiary/aromatic N) is 1. The molecule has 1 fully saturated rings. The molecule has 1 aliphatic heterocycles. The summed E-state index contributed by atoms with van der Waals surface area (Å²) in [6, 6.07) is 4.35. The number of rotatable bonds is 4. The lowest BCUT2D eigenvalue weighted by Crippen LogP contribution is -2.47. The zero-order valence-electron chi connectivity index (χ0n) is 13.2. The summed E-state index contributed by atoms with van der Waals surface area (Å²) in [4.78, 5) is 27.8. The molecule has 1 aromatic carbocycles. The number of H-pyrrole nitrogens is 1. The number of hydrogen-bond acceptors (Lipinski definition) is 2. The molecule has 2 aromatic rings. The number of carboxylic acids is 1. The average Bonchev–Trinajstić information content (AvgIpc) is 2.97. The molecule has 0 bridgehead atoms. The highest BCUT2D eigenvalue weighted by molar-refractivity contribution is 5.83. The third-order valence-corrected chi connectivity index (χ3v) is 4.46. The Morgan fingerprint density at radius 1 is 1.42 bits per heavy atom. The number of benzene rings is 1. The Bertz CT molecular complexity index is 759. The Balaban J connectivity index is 1.53. The number of carboxylic acid groups (broad SMARTS) is 1. The molecule has 128 valence electrons. The lowest BCUT2D eigenvalue weighted by atomic mass is 9.99. The SMILES string of the molecule is O=C(O)C1CCCN(C(=O)NCCc2c[nH]c3cc(F)ccc23)C1. The van der Waals surface area contributed by atoms with E-state index in [0.717, 1.165) is 16.5 Å². The fraction of sp³-hybridized carbons (Fsp3) is 0.412. The molecule has 3 N–H and O–H groups in total. The molecule has 1 unspecified atom stereocenters. The highest BCUT2D eigenvalue weighted by Gasteiger charge is 2.27. The van der Waals surface area contributed by atoms with Gasteiger partial charge in [0.05, 0.1) is 5.92 Å². The summed E-state index contributed by atoms with van der Waals surface area (Å²) in [5.41, 5.74) is 1.74. The van der Waals surface area contributed by atoms with Crippen LogP contribution in [0.15, 0.2) is 24.4 Å². The molecule has 0 spiro atoms. The number of aliphatic carboxylic acids is 1. The fourth-order valence-electron chi connectivity index (χ4n) is 3.14. The van der Waals surface area contributed by atoms with E-state index in [1.54, 1.807) is 11.0 Å². The van der Waals surface area contributed by atoms with Crippen LogP contribution in [0.1, 0.15) is 18.4 Å². The number of fused-ring (bicyclic) bond motifs is 1. The summed E-state index contributed by atoms with van der Waals surface area (Å²) in [6.07, 6.45) is 3.76. The van der Waals surface area contributed by atoms with E-state index in [2.05, 4.69) is 10.3 Å². The number of nitrogens with one attached hydrogen (secondary N) is 2. The summed E-state index contributed by atoms with van der Waals surface area (Å²) < 4.78 is 13.2. The molecule has 7 heteroatoms. The second kappa shape index (κ2) is 6.90. The van der Waals surface area contributed by atoms with Gasteiger partial charge in [0.15, 0.2) is 0 Å². The van der Waals surface area contributed by atoms with Crippen LogP contribution in [0.2, 0.25) is 0 Å². The van der Waals surface area contributed by atoms with Gasteiger partial charge in [0, 0.05) is 36.7 Å². The van der Waals surface area contributed by atoms with Gasteiger partial charge in [0.2, 0.25) is 0 Å². The maximum atomic E-state index is 13.2. The molecular weight excluding hydrogens is 313 g/mol. The van der Waals surface area contributed by atoms with Gasteiger partial charge in [-0.15, -0.1) is 0 Å². The van der Waals surface area contributed by atoms with Gasteiger partial charge >= 0.3 is 12.0 Å². The number of urea groups is 1. The van der Waals surface area contributed by atoms with Gasteiger partial charge in [0.1, 0.15) is 5.82 Å². The number of aromatic amines is 1. The molecule has 1 aliphatic rings. The molecule has 0 radical (unpaired) electrons. The van der Waals surface area contributed by atoms with Crippen LogP contribution in [0.4, 0.5) is 9.18 Å². The molecule has 1 atom stereocenters. The Hall–Kier alpha value is -2.57. The van der Waals surface area contributed by atoms with E-state index in [-0.39, 0.29) is 18.4 Å². The van der Waals surface area contributed by atoms with Crippen molar-refractivity contribution in [3.63, 3.8) is 0 Å². The summed E-state index contributed by atoms with van der Waals surface area (Å²) >= 11 is 0. The van der Waals surface area contributed by atoms with Crippen molar-refractivity contribution in [3.05, 3.63) is 35.8 Å². The minimum absolute atomic E-state index is 0.230. The Morgan fingerprint density at radius 3 is 3.04 bits per heavy atom.